The number of H-pyrrole nitrogens is 1. The third-order valence-electron chi connectivity index (χ3n) is 4.91. The number of aromatic amines is 1. The summed E-state index contributed by atoms with van der Waals surface area (Å²) in [4.78, 5) is 17.7. The number of nitrogens with one attached hydrogen (secondary N) is 2. The number of fused-ring (bicyclic) bond motifs is 1. The van der Waals surface area contributed by atoms with Crippen LogP contribution >= 0.6 is 11.6 Å². The second kappa shape index (κ2) is 6.68. The van der Waals surface area contributed by atoms with Crippen molar-refractivity contribution < 1.29 is 4.79 Å². The number of aryl methyl sites for hydroxylation is 2. The van der Waals surface area contributed by atoms with E-state index in [-0.39, 0.29) is 12.1 Å². The fraction of sp³-hybridized carbons (Fsp3) is 0.368. The second-order valence-corrected chi connectivity index (χ2v) is 7.38. The highest BCUT2D eigenvalue weighted by Gasteiger charge is 2.28. The van der Waals surface area contributed by atoms with E-state index in [0.717, 1.165) is 41.0 Å². The Morgan fingerprint density at radius 1 is 1.35 bits per heavy atom. The molecule has 1 aliphatic heterocycles. The van der Waals surface area contributed by atoms with Gasteiger partial charge in [0.05, 0.1) is 18.3 Å². The lowest BCUT2D eigenvalue weighted by molar-refractivity contribution is 0.206. The number of halogens is 1. The first-order valence-electron chi connectivity index (χ1n) is 8.82. The first kappa shape index (κ1) is 17.0. The van der Waals surface area contributed by atoms with E-state index in [4.69, 9.17) is 11.6 Å². The average Bonchev–Trinajstić information content (AvgIpc) is 3.30. The van der Waals surface area contributed by atoms with E-state index >= 15 is 0 Å². The number of amides is 2. The van der Waals surface area contributed by atoms with Crippen LogP contribution in [0.15, 0.2) is 30.3 Å². The SMILES string of the molecule is Cc1cc(C)n(C2CCN(C(=O)NCc3cc4cc(Cl)ccc4[nH]3)C2)n1. The largest absolute Gasteiger partial charge is 0.357 e. The Balaban J connectivity index is 1.37. The topological polar surface area (TPSA) is 66.0 Å². The summed E-state index contributed by atoms with van der Waals surface area (Å²) in [5.74, 6) is 0. The average molecular weight is 372 g/mol. The summed E-state index contributed by atoms with van der Waals surface area (Å²) >= 11 is 6.02. The number of nitrogens with zero attached hydrogens (tertiary/aromatic N) is 3. The van der Waals surface area contributed by atoms with Gasteiger partial charge in [0, 0.05) is 40.4 Å². The van der Waals surface area contributed by atoms with Crippen molar-refractivity contribution in [2.45, 2.75) is 32.9 Å². The van der Waals surface area contributed by atoms with Crippen molar-refractivity contribution in [2.75, 3.05) is 13.1 Å². The zero-order chi connectivity index (χ0) is 18.3. The maximum Gasteiger partial charge on any atom is 0.317 e. The molecule has 0 spiro atoms. The van der Waals surface area contributed by atoms with Gasteiger partial charge >= 0.3 is 6.03 Å². The molecule has 0 radical (unpaired) electrons. The number of carbonyl (C=O) groups excluding carboxylic acids is 1. The minimum atomic E-state index is -0.0364. The lowest BCUT2D eigenvalue weighted by Gasteiger charge is -2.18. The van der Waals surface area contributed by atoms with Gasteiger partial charge in [0.25, 0.3) is 0 Å². The van der Waals surface area contributed by atoms with E-state index in [9.17, 15) is 4.79 Å². The molecule has 3 aromatic rings. The van der Waals surface area contributed by atoms with Gasteiger partial charge in [-0.25, -0.2) is 4.79 Å². The summed E-state index contributed by atoms with van der Waals surface area (Å²) < 4.78 is 2.05. The summed E-state index contributed by atoms with van der Waals surface area (Å²) in [6, 6.07) is 10.0. The molecule has 26 heavy (non-hydrogen) atoms. The van der Waals surface area contributed by atoms with Gasteiger partial charge in [-0.3, -0.25) is 4.68 Å². The highest BCUT2D eigenvalue weighted by atomic mass is 35.5. The van der Waals surface area contributed by atoms with E-state index in [1.54, 1.807) is 0 Å². The van der Waals surface area contributed by atoms with Gasteiger partial charge in [0.1, 0.15) is 0 Å². The molecule has 1 unspecified atom stereocenters. The zero-order valence-electron chi connectivity index (χ0n) is 14.9. The Kier molecular flexibility index (Phi) is 4.36. The number of urea groups is 1. The van der Waals surface area contributed by atoms with Crippen molar-refractivity contribution in [3.8, 4) is 0 Å². The number of hydrogen-bond acceptors (Lipinski definition) is 2. The number of rotatable bonds is 3. The molecule has 2 amide bonds. The monoisotopic (exact) mass is 371 g/mol. The summed E-state index contributed by atoms with van der Waals surface area (Å²) in [5.41, 5.74) is 4.14. The number of benzene rings is 1. The molecule has 6 nitrogen and oxygen atoms in total. The molecule has 0 aliphatic carbocycles. The third kappa shape index (κ3) is 3.29. The van der Waals surface area contributed by atoms with Crippen LogP contribution in [0.5, 0.6) is 0 Å². The minimum Gasteiger partial charge on any atom is -0.357 e. The summed E-state index contributed by atoms with van der Waals surface area (Å²) in [6.45, 7) is 5.96. The molecule has 3 heterocycles. The molecule has 0 bridgehead atoms. The Morgan fingerprint density at radius 2 is 2.19 bits per heavy atom. The van der Waals surface area contributed by atoms with Crippen LogP contribution < -0.4 is 5.32 Å². The fourth-order valence-corrected chi connectivity index (χ4v) is 3.86. The summed E-state index contributed by atoms with van der Waals surface area (Å²) in [5, 5.41) is 9.31. The molecule has 1 saturated heterocycles. The summed E-state index contributed by atoms with van der Waals surface area (Å²) in [6.07, 6.45) is 0.931. The third-order valence-corrected chi connectivity index (χ3v) is 5.14. The van der Waals surface area contributed by atoms with Crippen molar-refractivity contribution in [2.24, 2.45) is 0 Å². The van der Waals surface area contributed by atoms with E-state index in [1.807, 2.05) is 40.8 Å². The predicted molar refractivity (Wildman–Crippen MR) is 102 cm³/mol. The molecule has 7 heteroatoms. The van der Waals surface area contributed by atoms with Crippen LogP contribution in [0.4, 0.5) is 4.79 Å². The van der Waals surface area contributed by atoms with Crippen molar-refractivity contribution in [1.29, 1.82) is 0 Å². The maximum absolute atomic E-state index is 12.5. The van der Waals surface area contributed by atoms with Crippen molar-refractivity contribution >= 4 is 28.5 Å². The zero-order valence-corrected chi connectivity index (χ0v) is 15.7. The minimum absolute atomic E-state index is 0.0364. The van der Waals surface area contributed by atoms with E-state index in [2.05, 4.69) is 28.4 Å². The Bertz CT molecular complexity index is 960. The van der Waals surface area contributed by atoms with Gasteiger partial charge in [-0.2, -0.15) is 5.10 Å². The molecule has 136 valence electrons. The molecule has 1 aliphatic rings. The van der Waals surface area contributed by atoms with Crippen LogP contribution in [0.3, 0.4) is 0 Å². The molecule has 2 N–H and O–H groups in total. The van der Waals surface area contributed by atoms with E-state index in [1.165, 1.54) is 0 Å². The van der Waals surface area contributed by atoms with Gasteiger partial charge in [-0.1, -0.05) is 11.6 Å². The first-order chi connectivity index (χ1) is 12.5. The van der Waals surface area contributed by atoms with Crippen LogP contribution in [0, 0.1) is 13.8 Å². The van der Waals surface area contributed by atoms with Gasteiger partial charge in [-0.05, 0) is 50.6 Å². The Labute approximate surface area is 157 Å². The van der Waals surface area contributed by atoms with Gasteiger partial charge in [-0.15, -0.1) is 0 Å². The van der Waals surface area contributed by atoms with Crippen molar-refractivity contribution in [3.63, 3.8) is 0 Å². The molecule has 0 saturated carbocycles. The number of hydrogen-bond donors (Lipinski definition) is 2. The Morgan fingerprint density at radius 3 is 2.96 bits per heavy atom. The van der Waals surface area contributed by atoms with Crippen LogP contribution in [-0.2, 0) is 6.54 Å². The van der Waals surface area contributed by atoms with Crippen LogP contribution in [0.2, 0.25) is 5.02 Å². The van der Waals surface area contributed by atoms with E-state index in [0.29, 0.717) is 18.1 Å². The molecule has 1 atom stereocenters. The van der Waals surface area contributed by atoms with Gasteiger partial charge < -0.3 is 15.2 Å². The number of likely N-dealkylation sites (tertiary alicyclic amines) is 1. The van der Waals surface area contributed by atoms with Crippen molar-refractivity contribution in [1.82, 2.24) is 25.0 Å². The summed E-state index contributed by atoms with van der Waals surface area (Å²) in [7, 11) is 0. The first-order valence-corrected chi connectivity index (χ1v) is 9.20. The fourth-order valence-electron chi connectivity index (χ4n) is 3.68. The molecular weight excluding hydrogens is 350 g/mol. The van der Waals surface area contributed by atoms with Gasteiger partial charge in [0.15, 0.2) is 0 Å². The molecule has 4 rings (SSSR count). The lowest BCUT2D eigenvalue weighted by Crippen LogP contribution is -2.38. The molecule has 2 aromatic heterocycles. The van der Waals surface area contributed by atoms with Crippen LogP contribution in [-0.4, -0.2) is 38.8 Å². The van der Waals surface area contributed by atoms with Crippen LogP contribution in [0.1, 0.15) is 29.5 Å². The normalized spacial score (nSPS) is 17.2. The highest BCUT2D eigenvalue weighted by molar-refractivity contribution is 6.31. The lowest BCUT2D eigenvalue weighted by atomic mass is 10.2. The molecule has 1 aromatic carbocycles. The molecule has 1 fully saturated rings. The molecular formula is C19H22ClN5O. The van der Waals surface area contributed by atoms with E-state index < -0.39 is 0 Å². The highest BCUT2D eigenvalue weighted by Crippen LogP contribution is 2.23. The smallest absolute Gasteiger partial charge is 0.317 e. The standard InChI is InChI=1S/C19H22ClN5O/c1-12-7-13(2)25(23-12)17-5-6-24(11-17)19(26)21-10-16-9-14-8-15(20)3-4-18(14)22-16/h3-4,7-9,17,22H,5-6,10-11H2,1-2H3,(H,21,26). The van der Waals surface area contributed by atoms with Gasteiger partial charge in [0.2, 0.25) is 0 Å². The quantitative estimate of drug-likeness (QED) is 0.735. The van der Waals surface area contributed by atoms with Crippen LogP contribution in [0.25, 0.3) is 10.9 Å². The number of carbonyl (C=O) groups is 1. The Hall–Kier alpha value is -2.47. The second-order valence-electron chi connectivity index (χ2n) is 6.95. The number of aromatic nitrogens is 3. The van der Waals surface area contributed by atoms with Crippen molar-refractivity contribution in [3.05, 3.63) is 52.4 Å². The predicted octanol–water partition coefficient (Wildman–Crippen LogP) is 3.79. The maximum atomic E-state index is 12.5.